The number of hydrogen-bond donors (Lipinski definition) is 0. The molecule has 3 rings (SSSR count). The molecule has 0 saturated heterocycles. The number of nitrogens with zero attached hydrogens (tertiary/aromatic N) is 4. The molecule has 2 heterocycles. The van der Waals surface area contributed by atoms with Gasteiger partial charge in [0.2, 0.25) is 5.13 Å². The minimum absolute atomic E-state index is 0.225. The Morgan fingerprint density at radius 3 is 2.64 bits per heavy atom. The van der Waals surface area contributed by atoms with Crippen LogP contribution in [0.3, 0.4) is 0 Å². The second-order valence-electron chi connectivity index (χ2n) is 4.96. The summed E-state index contributed by atoms with van der Waals surface area (Å²) in [5, 5.41) is 10.2. The van der Waals surface area contributed by atoms with Crippen LogP contribution in [0.1, 0.15) is 16.3 Å². The first-order valence-electron chi connectivity index (χ1n) is 6.88. The van der Waals surface area contributed by atoms with Gasteiger partial charge in [0.15, 0.2) is 0 Å². The molecule has 2 aromatic heterocycles. The Labute approximate surface area is 132 Å². The van der Waals surface area contributed by atoms with Crippen molar-refractivity contribution in [2.75, 3.05) is 11.9 Å². The molecule has 0 fully saturated rings. The molecule has 1 aromatic carbocycles. The summed E-state index contributed by atoms with van der Waals surface area (Å²) in [7, 11) is 1.97. The molecule has 0 unspecified atom stereocenters. The molecule has 0 aliphatic heterocycles. The van der Waals surface area contributed by atoms with Gasteiger partial charge in [-0.25, -0.2) is 4.39 Å². The van der Waals surface area contributed by atoms with Crippen molar-refractivity contribution < 1.29 is 4.39 Å². The summed E-state index contributed by atoms with van der Waals surface area (Å²) in [4.78, 5) is 6.33. The van der Waals surface area contributed by atoms with E-state index in [1.165, 1.54) is 12.1 Å². The molecule has 112 valence electrons. The van der Waals surface area contributed by atoms with Crippen molar-refractivity contribution in [1.29, 1.82) is 0 Å². The SMILES string of the molecule is CN(Cc1ccccn1)c1nnc(Cc2ccc(F)cc2)s1. The smallest absolute Gasteiger partial charge is 0.208 e. The predicted octanol–water partition coefficient (Wildman–Crippen LogP) is 3.30. The van der Waals surface area contributed by atoms with Gasteiger partial charge in [0.25, 0.3) is 0 Å². The third kappa shape index (κ3) is 3.65. The first kappa shape index (κ1) is 14.6. The Hall–Kier alpha value is -2.34. The van der Waals surface area contributed by atoms with E-state index in [0.717, 1.165) is 21.4 Å². The van der Waals surface area contributed by atoms with E-state index in [2.05, 4.69) is 15.2 Å². The first-order valence-corrected chi connectivity index (χ1v) is 7.70. The molecule has 0 N–H and O–H groups in total. The zero-order valence-electron chi connectivity index (χ0n) is 12.1. The Bertz CT molecular complexity index is 727. The number of rotatable bonds is 5. The van der Waals surface area contributed by atoms with Crippen molar-refractivity contribution in [3.63, 3.8) is 0 Å². The van der Waals surface area contributed by atoms with Gasteiger partial charge in [-0.05, 0) is 29.8 Å². The van der Waals surface area contributed by atoms with Crippen LogP contribution < -0.4 is 4.90 Å². The predicted molar refractivity (Wildman–Crippen MR) is 85.5 cm³/mol. The quantitative estimate of drug-likeness (QED) is 0.724. The second kappa shape index (κ2) is 6.62. The summed E-state index contributed by atoms with van der Waals surface area (Å²) >= 11 is 1.54. The molecular formula is C16H15FN4S. The largest absolute Gasteiger partial charge is 0.344 e. The fourth-order valence-corrected chi connectivity index (χ4v) is 2.88. The minimum atomic E-state index is -0.225. The van der Waals surface area contributed by atoms with Gasteiger partial charge in [0.05, 0.1) is 12.2 Å². The van der Waals surface area contributed by atoms with E-state index >= 15 is 0 Å². The van der Waals surface area contributed by atoms with Gasteiger partial charge in [0, 0.05) is 19.7 Å². The van der Waals surface area contributed by atoms with E-state index < -0.39 is 0 Å². The Morgan fingerprint density at radius 2 is 1.91 bits per heavy atom. The van der Waals surface area contributed by atoms with Crippen LogP contribution in [0.2, 0.25) is 0 Å². The van der Waals surface area contributed by atoms with Crippen LogP contribution in [0.4, 0.5) is 9.52 Å². The fraction of sp³-hybridized carbons (Fsp3) is 0.188. The molecule has 0 aliphatic rings. The van der Waals surface area contributed by atoms with Crippen LogP contribution in [0, 0.1) is 5.82 Å². The number of anilines is 1. The molecule has 6 heteroatoms. The van der Waals surface area contributed by atoms with Crippen LogP contribution in [0.15, 0.2) is 48.7 Å². The molecule has 4 nitrogen and oxygen atoms in total. The van der Waals surface area contributed by atoms with Crippen molar-refractivity contribution in [3.05, 3.63) is 70.7 Å². The Morgan fingerprint density at radius 1 is 1.09 bits per heavy atom. The van der Waals surface area contributed by atoms with Crippen molar-refractivity contribution >= 4 is 16.5 Å². The summed E-state index contributed by atoms with van der Waals surface area (Å²) < 4.78 is 12.9. The van der Waals surface area contributed by atoms with E-state index in [-0.39, 0.29) is 5.82 Å². The van der Waals surface area contributed by atoms with Crippen LogP contribution >= 0.6 is 11.3 Å². The van der Waals surface area contributed by atoms with Gasteiger partial charge in [0.1, 0.15) is 10.8 Å². The molecule has 0 amide bonds. The summed E-state index contributed by atoms with van der Waals surface area (Å²) in [6, 6.07) is 12.3. The van der Waals surface area contributed by atoms with E-state index in [1.54, 1.807) is 29.7 Å². The zero-order valence-corrected chi connectivity index (χ0v) is 12.9. The zero-order chi connectivity index (χ0) is 15.4. The number of benzene rings is 1. The Kier molecular flexibility index (Phi) is 4.39. The molecule has 0 spiro atoms. The lowest BCUT2D eigenvalue weighted by molar-refractivity contribution is 0.627. The van der Waals surface area contributed by atoms with Gasteiger partial charge >= 0.3 is 0 Å². The number of aromatic nitrogens is 3. The first-order chi connectivity index (χ1) is 10.7. The third-order valence-electron chi connectivity index (χ3n) is 3.18. The Balaban J connectivity index is 1.66. The van der Waals surface area contributed by atoms with E-state index in [0.29, 0.717) is 13.0 Å². The van der Waals surface area contributed by atoms with Crippen LogP contribution in [-0.2, 0) is 13.0 Å². The fourth-order valence-electron chi connectivity index (χ4n) is 2.05. The van der Waals surface area contributed by atoms with Crippen molar-refractivity contribution in [1.82, 2.24) is 15.2 Å². The average molecular weight is 314 g/mol. The summed E-state index contributed by atoms with van der Waals surface area (Å²) in [6.07, 6.45) is 2.44. The number of halogens is 1. The maximum atomic E-state index is 12.9. The molecule has 0 saturated carbocycles. The van der Waals surface area contributed by atoms with Crippen LogP contribution in [0.5, 0.6) is 0 Å². The molecule has 0 aliphatic carbocycles. The molecule has 3 aromatic rings. The number of hydrogen-bond acceptors (Lipinski definition) is 5. The van der Waals surface area contributed by atoms with Gasteiger partial charge in [-0.2, -0.15) is 0 Å². The molecular weight excluding hydrogens is 299 g/mol. The highest BCUT2D eigenvalue weighted by Gasteiger charge is 2.10. The topological polar surface area (TPSA) is 41.9 Å². The van der Waals surface area contributed by atoms with E-state index in [9.17, 15) is 4.39 Å². The average Bonchev–Trinajstić information content (AvgIpc) is 2.99. The van der Waals surface area contributed by atoms with Crippen LogP contribution in [0.25, 0.3) is 0 Å². The van der Waals surface area contributed by atoms with Crippen LogP contribution in [-0.4, -0.2) is 22.2 Å². The highest BCUT2D eigenvalue weighted by Crippen LogP contribution is 2.22. The van der Waals surface area contributed by atoms with Crippen molar-refractivity contribution in [2.45, 2.75) is 13.0 Å². The maximum Gasteiger partial charge on any atom is 0.208 e. The highest BCUT2D eigenvalue weighted by atomic mass is 32.1. The molecule has 0 radical (unpaired) electrons. The summed E-state index contributed by atoms with van der Waals surface area (Å²) in [5.74, 6) is -0.225. The lowest BCUT2D eigenvalue weighted by atomic mass is 10.2. The number of pyridine rings is 1. The van der Waals surface area contributed by atoms with Gasteiger partial charge in [-0.15, -0.1) is 10.2 Å². The summed E-state index contributed by atoms with van der Waals surface area (Å²) in [6.45, 7) is 0.687. The lowest BCUT2D eigenvalue weighted by Gasteiger charge is -2.13. The normalized spacial score (nSPS) is 10.6. The molecule has 22 heavy (non-hydrogen) atoms. The van der Waals surface area contributed by atoms with E-state index in [1.807, 2.05) is 30.1 Å². The second-order valence-corrected chi connectivity index (χ2v) is 6.00. The molecule has 0 bridgehead atoms. The summed E-state index contributed by atoms with van der Waals surface area (Å²) in [5.41, 5.74) is 2.01. The minimum Gasteiger partial charge on any atom is -0.344 e. The highest BCUT2D eigenvalue weighted by molar-refractivity contribution is 7.15. The van der Waals surface area contributed by atoms with Crippen molar-refractivity contribution in [3.8, 4) is 0 Å². The van der Waals surface area contributed by atoms with Gasteiger partial charge < -0.3 is 4.90 Å². The third-order valence-corrected chi connectivity index (χ3v) is 4.21. The lowest BCUT2D eigenvalue weighted by Crippen LogP contribution is -2.16. The van der Waals surface area contributed by atoms with Crippen molar-refractivity contribution in [2.24, 2.45) is 0 Å². The maximum absolute atomic E-state index is 12.9. The van der Waals surface area contributed by atoms with Gasteiger partial charge in [-0.3, -0.25) is 4.98 Å². The molecule has 0 atom stereocenters. The van der Waals surface area contributed by atoms with E-state index in [4.69, 9.17) is 0 Å². The van der Waals surface area contributed by atoms with Gasteiger partial charge in [-0.1, -0.05) is 29.5 Å². The monoisotopic (exact) mass is 314 g/mol. The standard InChI is InChI=1S/C16H15FN4S/c1-21(11-14-4-2-3-9-18-14)16-20-19-15(22-16)10-12-5-7-13(17)8-6-12/h2-9H,10-11H2,1H3.